The Morgan fingerprint density at radius 3 is 1.35 bits per heavy atom. The van der Waals surface area contributed by atoms with Crippen LogP contribution in [-0.4, -0.2) is 11.8 Å². The van der Waals surface area contributed by atoms with E-state index >= 15 is 0 Å². The molecule has 2 aromatic rings. The maximum Gasteiger partial charge on any atom is 0.256 e. The molecule has 0 fully saturated rings. The molecule has 3 N–H and O–H groups in total. The Balaban J connectivity index is 0.00000645. The summed E-state index contributed by atoms with van der Waals surface area (Å²) in [7, 11) is 0. The summed E-state index contributed by atoms with van der Waals surface area (Å²) in [5.74, 6) is 0.741. The maximum atomic E-state index is 13.7. The molecule has 0 unspecified atom stereocenters. The molecule has 6 heteroatoms. The number of rotatable bonds is 8. The van der Waals surface area contributed by atoms with Crippen LogP contribution in [0.15, 0.2) is 59.2 Å². The van der Waals surface area contributed by atoms with Gasteiger partial charge in [0, 0.05) is 60.8 Å². The fourth-order valence-corrected chi connectivity index (χ4v) is 5.66. The fraction of sp³-hybridized carbons (Fsp3) is 0.459. The molecular weight excluding hydrogens is 610 g/mol. The largest absolute Gasteiger partial charge is 0.356 e. The SMILES string of the molecule is CC(NC(=O)c1c(C(C)C)cc(C)cc1C(C)C)=C1C=CCC(=C(C)NC(=O)c2c(C(C)C)cc(C)cc2C(C)C)N1.[Zr]. The second-order valence-electron chi connectivity index (χ2n) is 13.0. The monoisotopic (exact) mass is 659 g/mol. The first kappa shape index (κ1) is 36.5. The fourth-order valence-electron chi connectivity index (χ4n) is 5.66. The Bertz CT molecular complexity index is 1400. The molecule has 1 aliphatic rings. The van der Waals surface area contributed by atoms with Gasteiger partial charge < -0.3 is 16.0 Å². The maximum absolute atomic E-state index is 13.7. The molecular formula is C37H51N3O2Zr. The van der Waals surface area contributed by atoms with Gasteiger partial charge >= 0.3 is 0 Å². The first-order valence-corrected chi connectivity index (χ1v) is 15.4. The van der Waals surface area contributed by atoms with Crippen molar-refractivity contribution >= 4 is 11.8 Å². The molecule has 3 rings (SSSR count). The number of carbonyl (C=O) groups is 2. The van der Waals surface area contributed by atoms with Crippen molar-refractivity contribution in [1.29, 1.82) is 0 Å². The van der Waals surface area contributed by atoms with E-state index in [9.17, 15) is 9.59 Å². The van der Waals surface area contributed by atoms with Crippen molar-refractivity contribution in [3.8, 4) is 0 Å². The van der Waals surface area contributed by atoms with Crippen molar-refractivity contribution in [2.45, 2.75) is 113 Å². The topological polar surface area (TPSA) is 70.2 Å². The van der Waals surface area contributed by atoms with Gasteiger partial charge in [-0.3, -0.25) is 9.59 Å². The zero-order valence-electron chi connectivity index (χ0n) is 28.3. The van der Waals surface area contributed by atoms with Gasteiger partial charge in [-0.15, -0.1) is 0 Å². The number of benzene rings is 2. The summed E-state index contributed by atoms with van der Waals surface area (Å²) < 4.78 is 0. The van der Waals surface area contributed by atoms with Crippen LogP contribution in [0.2, 0.25) is 0 Å². The van der Waals surface area contributed by atoms with Gasteiger partial charge in [-0.05, 0) is 79.7 Å². The van der Waals surface area contributed by atoms with Gasteiger partial charge in [-0.2, -0.15) is 0 Å². The number of amides is 2. The minimum Gasteiger partial charge on any atom is -0.356 e. The third-order valence-electron chi connectivity index (χ3n) is 7.98. The van der Waals surface area contributed by atoms with E-state index in [0.717, 1.165) is 56.2 Å². The van der Waals surface area contributed by atoms with E-state index in [2.05, 4.69) is 116 Å². The molecule has 0 aliphatic carbocycles. The molecule has 0 bridgehead atoms. The van der Waals surface area contributed by atoms with Gasteiger partial charge in [0.15, 0.2) is 0 Å². The molecule has 43 heavy (non-hydrogen) atoms. The van der Waals surface area contributed by atoms with Crippen molar-refractivity contribution in [1.82, 2.24) is 16.0 Å². The van der Waals surface area contributed by atoms with Crippen molar-refractivity contribution in [3.05, 3.63) is 104 Å². The third kappa shape index (κ3) is 8.69. The second-order valence-corrected chi connectivity index (χ2v) is 13.0. The average molecular weight is 661 g/mol. The van der Waals surface area contributed by atoms with Crippen LogP contribution in [0.5, 0.6) is 0 Å². The van der Waals surface area contributed by atoms with E-state index in [-0.39, 0.29) is 61.7 Å². The van der Waals surface area contributed by atoms with Crippen LogP contribution in [-0.2, 0) is 26.2 Å². The molecule has 1 aliphatic heterocycles. The Kier molecular flexibility index (Phi) is 13.0. The quantitative estimate of drug-likeness (QED) is 0.265. The minimum atomic E-state index is -0.0921. The van der Waals surface area contributed by atoms with Crippen LogP contribution in [0.25, 0.3) is 0 Å². The summed E-state index contributed by atoms with van der Waals surface area (Å²) >= 11 is 0. The molecule has 0 radical (unpaired) electrons. The van der Waals surface area contributed by atoms with Crippen molar-refractivity contribution in [2.24, 2.45) is 0 Å². The molecule has 0 saturated carbocycles. The smallest absolute Gasteiger partial charge is 0.256 e. The zero-order chi connectivity index (χ0) is 31.5. The normalized spacial score (nSPS) is 15.4. The Morgan fingerprint density at radius 1 is 0.651 bits per heavy atom. The molecule has 2 aromatic carbocycles. The third-order valence-corrected chi connectivity index (χ3v) is 7.98. The molecule has 230 valence electrons. The molecule has 0 saturated heterocycles. The Hall–Kier alpha value is -2.72. The predicted molar refractivity (Wildman–Crippen MR) is 176 cm³/mol. The van der Waals surface area contributed by atoms with Gasteiger partial charge in [0.05, 0.1) is 5.70 Å². The van der Waals surface area contributed by atoms with Crippen molar-refractivity contribution in [3.63, 3.8) is 0 Å². The summed E-state index contributed by atoms with van der Waals surface area (Å²) in [6, 6.07) is 8.52. The molecule has 5 nitrogen and oxygen atoms in total. The first-order chi connectivity index (χ1) is 19.6. The Morgan fingerprint density at radius 2 is 1.00 bits per heavy atom. The summed E-state index contributed by atoms with van der Waals surface area (Å²) in [4.78, 5) is 27.4. The van der Waals surface area contributed by atoms with Gasteiger partial charge in [-0.25, -0.2) is 0 Å². The first-order valence-electron chi connectivity index (χ1n) is 15.4. The van der Waals surface area contributed by atoms with E-state index in [1.807, 2.05) is 19.9 Å². The van der Waals surface area contributed by atoms with E-state index < -0.39 is 0 Å². The van der Waals surface area contributed by atoms with Crippen molar-refractivity contribution < 1.29 is 35.8 Å². The summed E-state index contributed by atoms with van der Waals surface area (Å²) in [5.41, 5.74) is 11.4. The zero-order valence-corrected chi connectivity index (χ0v) is 30.8. The number of allylic oxidation sites excluding steroid dienone is 4. The minimum absolute atomic E-state index is 0. The average Bonchev–Trinajstić information content (AvgIpc) is 2.91. The van der Waals surface area contributed by atoms with E-state index in [4.69, 9.17) is 0 Å². The number of hydrogen-bond donors (Lipinski definition) is 3. The summed E-state index contributed by atoms with van der Waals surface area (Å²) in [5, 5.41) is 9.82. The van der Waals surface area contributed by atoms with E-state index in [0.29, 0.717) is 6.42 Å². The summed E-state index contributed by atoms with van der Waals surface area (Å²) in [6.07, 6.45) is 4.71. The van der Waals surface area contributed by atoms with Crippen LogP contribution in [0.4, 0.5) is 0 Å². The van der Waals surface area contributed by atoms with Gasteiger partial charge in [0.2, 0.25) is 0 Å². The number of nitrogens with one attached hydrogen (secondary N) is 3. The van der Waals surface area contributed by atoms with Crippen LogP contribution >= 0.6 is 0 Å². The molecule has 0 spiro atoms. The second kappa shape index (κ2) is 15.3. The van der Waals surface area contributed by atoms with Gasteiger partial charge in [-0.1, -0.05) is 96.9 Å². The van der Waals surface area contributed by atoms with E-state index in [1.165, 1.54) is 11.1 Å². The number of aryl methyl sites for hydroxylation is 2. The number of carbonyl (C=O) groups excluding carboxylic acids is 2. The Labute approximate surface area is 279 Å². The van der Waals surface area contributed by atoms with Crippen molar-refractivity contribution in [2.75, 3.05) is 0 Å². The number of hydrogen-bond acceptors (Lipinski definition) is 3. The van der Waals surface area contributed by atoms with Crippen LogP contribution in [0.3, 0.4) is 0 Å². The van der Waals surface area contributed by atoms with Crippen LogP contribution in [0, 0.1) is 13.8 Å². The van der Waals surface area contributed by atoms with Crippen LogP contribution < -0.4 is 16.0 Å². The predicted octanol–water partition coefficient (Wildman–Crippen LogP) is 8.97. The summed E-state index contributed by atoms with van der Waals surface area (Å²) in [6.45, 7) is 25.1. The van der Waals surface area contributed by atoms with E-state index in [1.54, 1.807) is 0 Å². The van der Waals surface area contributed by atoms with Crippen LogP contribution in [0.1, 0.15) is 153 Å². The van der Waals surface area contributed by atoms with Gasteiger partial charge in [0.1, 0.15) is 0 Å². The molecule has 0 aromatic heterocycles. The molecule has 0 atom stereocenters. The standard InChI is InChI=1S/C37H51N3O2.Zr/c1-20(2)28-16-24(9)17-29(21(3)4)34(28)36(41)38-26(11)32-14-13-15-33(40-32)27(12)39-37(42)35-30(22(5)6)18-25(10)19-31(35)23(7)8;/h13-14,16-23,40H,15H2,1-12H3,(H,38,41)(H,39,42);. The molecule has 1 heterocycles. The van der Waals surface area contributed by atoms with Gasteiger partial charge in [0.25, 0.3) is 11.8 Å². The molecule has 2 amide bonds.